The van der Waals surface area contributed by atoms with Crippen molar-refractivity contribution in [1.29, 1.82) is 0 Å². The highest BCUT2D eigenvalue weighted by atomic mass is 16.7. The summed E-state index contributed by atoms with van der Waals surface area (Å²) in [6.45, 7) is 21.9. The van der Waals surface area contributed by atoms with E-state index in [1.165, 1.54) is 44.3 Å². The van der Waals surface area contributed by atoms with E-state index in [1.54, 1.807) is 0 Å². The van der Waals surface area contributed by atoms with Gasteiger partial charge in [-0.05, 0) is 80.3 Å². The van der Waals surface area contributed by atoms with Gasteiger partial charge in [-0.25, -0.2) is 0 Å². The molecule has 0 spiro atoms. The van der Waals surface area contributed by atoms with Gasteiger partial charge in [0.1, 0.15) is 0 Å². The van der Waals surface area contributed by atoms with Crippen molar-refractivity contribution in [3.63, 3.8) is 0 Å². The third-order valence-electron chi connectivity index (χ3n) is 8.06. The lowest BCUT2D eigenvalue weighted by atomic mass is 9.36. The predicted octanol–water partition coefficient (Wildman–Crippen LogP) is 6.40. The number of hydrogen-bond acceptors (Lipinski definition) is 2. The van der Waals surface area contributed by atoms with Gasteiger partial charge in [0.25, 0.3) is 0 Å². The van der Waals surface area contributed by atoms with Crippen LogP contribution in [0.5, 0.6) is 0 Å². The first-order chi connectivity index (χ1) is 16.8. The van der Waals surface area contributed by atoms with E-state index in [0.717, 1.165) is 11.0 Å². The van der Waals surface area contributed by atoms with Gasteiger partial charge < -0.3 is 9.31 Å². The van der Waals surface area contributed by atoms with Crippen molar-refractivity contribution in [3.05, 3.63) is 99.5 Å². The molecule has 2 nitrogen and oxygen atoms in total. The molecular weight excluding hydrogens is 438 g/mol. The number of rotatable bonds is 5. The molecule has 4 rings (SSSR count). The maximum Gasteiger partial charge on any atom is 0.494 e. The number of benzene rings is 3. The highest BCUT2D eigenvalue weighted by molar-refractivity contribution is 6.92. The molecule has 4 heteroatoms. The molecule has 0 N–H and O–H groups in total. The second kappa shape index (κ2) is 9.72. The first kappa shape index (κ1) is 26.5. The molecule has 1 aliphatic heterocycles. The largest absolute Gasteiger partial charge is 0.494 e. The normalized spacial score (nSPS) is 16.9. The van der Waals surface area contributed by atoms with Gasteiger partial charge in [-0.1, -0.05) is 98.9 Å². The van der Waals surface area contributed by atoms with Crippen molar-refractivity contribution in [2.45, 2.75) is 80.4 Å². The third-order valence-corrected chi connectivity index (χ3v) is 8.06. The topological polar surface area (TPSA) is 18.5 Å². The summed E-state index contributed by atoms with van der Waals surface area (Å²) >= 11 is 0. The second-order valence-electron chi connectivity index (χ2n) is 11.7. The summed E-state index contributed by atoms with van der Waals surface area (Å²) < 4.78 is 13.2. The Kier molecular flexibility index (Phi) is 7.16. The van der Waals surface area contributed by atoms with Crippen LogP contribution in [0.15, 0.2) is 60.6 Å². The molecule has 0 aliphatic carbocycles. The average Bonchev–Trinajstić information content (AvgIpc) is 2.97. The van der Waals surface area contributed by atoms with Crippen LogP contribution < -0.4 is 10.9 Å². The standard InChI is InChI=1S/C32H40B2O2/c1-21-16-23(3)29(24(4)17-21)33(30-25(5)18-22(2)19-26(30)6)20-28(27-14-12-11-13-15-27)34-35-31(7,8)32(9,10)36-34/h11-20H,1-10H3/b28-20+. The zero-order valence-corrected chi connectivity index (χ0v) is 23.7. The van der Waals surface area contributed by atoms with Crippen molar-refractivity contribution in [3.8, 4) is 0 Å². The average molecular weight is 478 g/mol. The van der Waals surface area contributed by atoms with Crippen LogP contribution in [0.1, 0.15) is 66.6 Å². The third kappa shape index (κ3) is 4.99. The van der Waals surface area contributed by atoms with Crippen molar-refractivity contribution in [2.75, 3.05) is 0 Å². The predicted molar refractivity (Wildman–Crippen MR) is 157 cm³/mol. The highest BCUT2D eigenvalue weighted by Crippen LogP contribution is 2.40. The molecule has 0 amide bonds. The molecule has 1 heterocycles. The highest BCUT2D eigenvalue weighted by Gasteiger charge is 2.52. The maximum atomic E-state index is 6.62. The van der Waals surface area contributed by atoms with Gasteiger partial charge in [0.05, 0.1) is 11.2 Å². The zero-order valence-electron chi connectivity index (χ0n) is 23.7. The quantitative estimate of drug-likeness (QED) is 0.395. The lowest BCUT2D eigenvalue weighted by Crippen LogP contribution is -2.47. The van der Waals surface area contributed by atoms with Gasteiger partial charge in [-0.3, -0.25) is 0 Å². The monoisotopic (exact) mass is 478 g/mol. The molecule has 0 bridgehead atoms. The van der Waals surface area contributed by atoms with Crippen LogP contribution in [-0.2, 0) is 9.31 Å². The molecule has 0 saturated carbocycles. The van der Waals surface area contributed by atoms with Gasteiger partial charge >= 0.3 is 7.12 Å². The summed E-state index contributed by atoms with van der Waals surface area (Å²) in [7, 11) is -0.447. The Morgan fingerprint density at radius 2 is 1.06 bits per heavy atom. The van der Waals surface area contributed by atoms with Crippen LogP contribution in [0.4, 0.5) is 0 Å². The van der Waals surface area contributed by atoms with E-state index in [0.29, 0.717) is 0 Å². The van der Waals surface area contributed by atoms with Gasteiger partial charge in [0, 0.05) is 0 Å². The SMILES string of the molecule is Cc1cc(C)c(B(/C=C(/B2OC(C)(C)C(C)(C)O2)c2ccccc2)c2c(C)cc(C)cc2C)c(C)c1. The van der Waals surface area contributed by atoms with Gasteiger partial charge in [0.15, 0.2) is 0 Å². The fourth-order valence-electron chi connectivity index (χ4n) is 5.77. The smallest absolute Gasteiger partial charge is 0.399 e. The molecule has 0 radical (unpaired) electrons. The van der Waals surface area contributed by atoms with Gasteiger partial charge in [-0.15, -0.1) is 5.98 Å². The molecular formula is C32H40B2O2. The number of hydrogen-bond donors (Lipinski definition) is 0. The summed E-state index contributed by atoms with van der Waals surface area (Å²) in [5.74, 6) is 2.41. The molecule has 0 unspecified atom stereocenters. The maximum absolute atomic E-state index is 6.62. The minimum absolute atomic E-state index is 0.0698. The van der Waals surface area contributed by atoms with E-state index in [1.807, 2.05) is 0 Å². The van der Waals surface area contributed by atoms with Crippen molar-refractivity contribution in [2.24, 2.45) is 0 Å². The van der Waals surface area contributed by atoms with Crippen LogP contribution >= 0.6 is 0 Å². The fraction of sp³-hybridized carbons (Fsp3) is 0.375. The van der Waals surface area contributed by atoms with Crippen LogP contribution in [0.2, 0.25) is 0 Å². The second-order valence-corrected chi connectivity index (χ2v) is 11.7. The van der Waals surface area contributed by atoms with E-state index in [9.17, 15) is 0 Å². The van der Waals surface area contributed by atoms with Gasteiger partial charge in [-0.2, -0.15) is 0 Å². The van der Waals surface area contributed by atoms with Crippen molar-refractivity contribution < 1.29 is 9.31 Å². The zero-order chi connectivity index (χ0) is 26.4. The summed E-state index contributed by atoms with van der Waals surface area (Å²) in [5, 5.41) is 0. The molecule has 3 aromatic rings. The molecule has 0 aromatic heterocycles. The van der Waals surface area contributed by atoms with E-state index < -0.39 is 18.3 Å². The first-order valence-electron chi connectivity index (χ1n) is 13.1. The van der Waals surface area contributed by atoms with Crippen LogP contribution in [0.25, 0.3) is 5.47 Å². The minimum Gasteiger partial charge on any atom is -0.399 e. The Labute approximate surface area is 219 Å². The first-order valence-corrected chi connectivity index (χ1v) is 13.1. The van der Waals surface area contributed by atoms with E-state index in [-0.39, 0.29) is 6.71 Å². The Balaban J connectivity index is 2.01. The minimum atomic E-state index is -0.447. The molecule has 1 saturated heterocycles. The Morgan fingerprint density at radius 3 is 1.44 bits per heavy atom. The Bertz CT molecular complexity index is 1190. The van der Waals surface area contributed by atoms with E-state index in [2.05, 4.69) is 130 Å². The summed E-state index contributed by atoms with van der Waals surface area (Å²) in [6.07, 6.45) is 0. The van der Waals surface area contributed by atoms with Crippen LogP contribution in [0, 0.1) is 41.5 Å². The van der Waals surface area contributed by atoms with Gasteiger partial charge in [0.2, 0.25) is 6.71 Å². The number of aryl methyl sites for hydroxylation is 6. The summed E-state index contributed by atoms with van der Waals surface area (Å²) in [4.78, 5) is 0. The Morgan fingerprint density at radius 1 is 0.667 bits per heavy atom. The van der Waals surface area contributed by atoms with Crippen molar-refractivity contribution in [1.82, 2.24) is 0 Å². The molecule has 186 valence electrons. The summed E-state index contributed by atoms with van der Waals surface area (Å²) in [6, 6.07) is 19.8. The molecule has 1 fully saturated rings. The molecule has 36 heavy (non-hydrogen) atoms. The Hall–Kier alpha value is -2.55. The van der Waals surface area contributed by atoms with E-state index in [4.69, 9.17) is 9.31 Å². The van der Waals surface area contributed by atoms with Crippen molar-refractivity contribution >= 4 is 30.2 Å². The molecule has 0 atom stereocenters. The lowest BCUT2D eigenvalue weighted by molar-refractivity contribution is 0.00578. The fourth-order valence-corrected chi connectivity index (χ4v) is 5.77. The lowest BCUT2D eigenvalue weighted by Gasteiger charge is -2.32. The van der Waals surface area contributed by atoms with E-state index >= 15 is 0 Å². The van der Waals surface area contributed by atoms with Crippen LogP contribution in [0.3, 0.4) is 0 Å². The summed E-state index contributed by atoms with van der Waals surface area (Å²) in [5.41, 5.74) is 12.0. The van der Waals surface area contributed by atoms with Crippen LogP contribution in [-0.4, -0.2) is 25.0 Å². The molecule has 3 aromatic carbocycles. The molecule has 1 aliphatic rings.